The Balaban J connectivity index is 1.25. The van der Waals surface area contributed by atoms with Crippen molar-refractivity contribution < 1.29 is 14.4 Å². The number of carbonyl (C=O) groups excluding carboxylic acids is 3. The summed E-state index contributed by atoms with van der Waals surface area (Å²) in [7, 11) is 0. The van der Waals surface area contributed by atoms with Crippen molar-refractivity contribution in [2.24, 2.45) is 0 Å². The van der Waals surface area contributed by atoms with Gasteiger partial charge in [-0.1, -0.05) is 24.3 Å². The molecule has 186 valence electrons. The van der Waals surface area contributed by atoms with Crippen molar-refractivity contribution in [3.05, 3.63) is 65.2 Å². The Hall–Kier alpha value is -3.35. The van der Waals surface area contributed by atoms with Gasteiger partial charge in [0.15, 0.2) is 0 Å². The second-order valence-electron chi connectivity index (χ2n) is 9.52. The van der Waals surface area contributed by atoms with Gasteiger partial charge in [0, 0.05) is 44.0 Å². The summed E-state index contributed by atoms with van der Waals surface area (Å²) in [6.45, 7) is 7.85. The average molecular weight is 477 g/mol. The Morgan fingerprint density at radius 3 is 2.66 bits per heavy atom. The van der Waals surface area contributed by atoms with E-state index in [0.29, 0.717) is 25.2 Å². The van der Waals surface area contributed by atoms with E-state index >= 15 is 0 Å². The lowest BCUT2D eigenvalue weighted by Crippen LogP contribution is -2.60. The zero-order chi connectivity index (χ0) is 24.8. The molecule has 0 saturated carbocycles. The molecule has 7 heteroatoms. The molecule has 0 bridgehead atoms. The molecule has 2 aliphatic heterocycles. The molecule has 0 radical (unpaired) electrons. The van der Waals surface area contributed by atoms with Crippen LogP contribution in [0.25, 0.3) is 0 Å². The second kappa shape index (κ2) is 11.4. The molecule has 3 amide bonds. The fourth-order valence-corrected chi connectivity index (χ4v) is 5.01. The van der Waals surface area contributed by atoms with Gasteiger partial charge in [-0.15, -0.1) is 0 Å². The number of hydrogen-bond acceptors (Lipinski definition) is 4. The molecule has 2 fully saturated rings. The maximum Gasteiger partial charge on any atom is 0.251 e. The van der Waals surface area contributed by atoms with Crippen LogP contribution >= 0.6 is 0 Å². The molecule has 0 spiro atoms. The summed E-state index contributed by atoms with van der Waals surface area (Å²) in [4.78, 5) is 43.6. The van der Waals surface area contributed by atoms with Crippen molar-refractivity contribution in [1.82, 2.24) is 15.1 Å². The Kier molecular flexibility index (Phi) is 8.06. The summed E-state index contributed by atoms with van der Waals surface area (Å²) < 4.78 is 0. The van der Waals surface area contributed by atoms with E-state index in [0.717, 1.165) is 44.3 Å². The number of carbonyl (C=O) groups is 3. The lowest BCUT2D eigenvalue weighted by atomic mass is 9.98. The van der Waals surface area contributed by atoms with Crippen LogP contribution in [0.1, 0.15) is 54.1 Å². The number of amides is 3. The topological polar surface area (TPSA) is 73.0 Å². The molecule has 7 nitrogen and oxygen atoms in total. The third-order valence-electron chi connectivity index (χ3n) is 6.97. The van der Waals surface area contributed by atoms with Gasteiger partial charge in [0.2, 0.25) is 11.8 Å². The molecular formula is C28H36N4O3. The lowest BCUT2D eigenvalue weighted by molar-refractivity contribution is -0.158. The minimum absolute atomic E-state index is 0.0364. The van der Waals surface area contributed by atoms with Gasteiger partial charge in [-0.05, 0) is 74.9 Å². The summed E-state index contributed by atoms with van der Waals surface area (Å²) in [5.41, 5.74) is 3.97. The van der Waals surface area contributed by atoms with Gasteiger partial charge in [0.25, 0.3) is 5.91 Å². The van der Waals surface area contributed by atoms with Crippen molar-refractivity contribution in [2.45, 2.75) is 52.1 Å². The van der Waals surface area contributed by atoms with Crippen LogP contribution in [-0.2, 0) is 16.1 Å². The Labute approximate surface area is 208 Å². The molecule has 1 atom stereocenters. The molecule has 4 rings (SSSR count). The van der Waals surface area contributed by atoms with E-state index in [4.69, 9.17) is 0 Å². The largest absolute Gasteiger partial charge is 0.372 e. The number of hydrogen-bond donors (Lipinski definition) is 1. The summed E-state index contributed by atoms with van der Waals surface area (Å²) in [6.07, 6.45) is 3.57. The third-order valence-corrected chi connectivity index (χ3v) is 6.97. The second-order valence-corrected chi connectivity index (χ2v) is 9.52. The van der Waals surface area contributed by atoms with Crippen LogP contribution in [0, 0.1) is 6.92 Å². The normalized spacial score (nSPS) is 17.8. The summed E-state index contributed by atoms with van der Waals surface area (Å²) in [5.74, 6) is -0.0236. The molecule has 2 aromatic rings. The van der Waals surface area contributed by atoms with E-state index in [2.05, 4.69) is 48.3 Å². The number of piperidine rings is 1. The van der Waals surface area contributed by atoms with Gasteiger partial charge in [0.1, 0.15) is 12.6 Å². The fraction of sp³-hybridized carbons (Fsp3) is 0.464. The van der Waals surface area contributed by atoms with Crippen molar-refractivity contribution >= 4 is 23.4 Å². The molecule has 1 N–H and O–H groups in total. The predicted molar refractivity (Wildman–Crippen MR) is 137 cm³/mol. The van der Waals surface area contributed by atoms with Crippen LogP contribution in [0.3, 0.4) is 0 Å². The molecule has 35 heavy (non-hydrogen) atoms. The van der Waals surface area contributed by atoms with Gasteiger partial charge in [-0.3, -0.25) is 14.4 Å². The van der Waals surface area contributed by atoms with Crippen LogP contribution < -0.4 is 10.2 Å². The number of benzene rings is 2. The predicted octanol–water partition coefficient (Wildman–Crippen LogP) is 3.36. The minimum Gasteiger partial charge on any atom is -0.372 e. The van der Waals surface area contributed by atoms with Gasteiger partial charge < -0.3 is 20.0 Å². The van der Waals surface area contributed by atoms with Gasteiger partial charge in [-0.25, -0.2) is 0 Å². The van der Waals surface area contributed by atoms with Crippen molar-refractivity contribution in [3.63, 3.8) is 0 Å². The minimum atomic E-state index is -0.301. The Morgan fingerprint density at radius 1 is 1.11 bits per heavy atom. The molecule has 0 unspecified atom stereocenters. The zero-order valence-corrected chi connectivity index (χ0v) is 20.8. The van der Waals surface area contributed by atoms with Crippen LogP contribution in [-0.4, -0.2) is 66.3 Å². The molecular weight excluding hydrogens is 440 g/mol. The van der Waals surface area contributed by atoms with E-state index < -0.39 is 0 Å². The summed E-state index contributed by atoms with van der Waals surface area (Å²) in [5, 5.41) is 3.01. The van der Waals surface area contributed by atoms with Gasteiger partial charge >= 0.3 is 0 Å². The smallest absolute Gasteiger partial charge is 0.251 e. The number of aryl methyl sites for hydroxylation is 1. The fourth-order valence-electron chi connectivity index (χ4n) is 5.01. The number of nitrogens with zero attached hydrogens (tertiary/aromatic N) is 3. The number of fused-ring (bicyclic) bond motifs is 1. The van der Waals surface area contributed by atoms with Gasteiger partial charge in [0.05, 0.1) is 0 Å². The monoisotopic (exact) mass is 476 g/mol. The number of piperazine rings is 1. The maximum atomic E-state index is 12.9. The van der Waals surface area contributed by atoms with Crippen LogP contribution in [0.5, 0.6) is 0 Å². The van der Waals surface area contributed by atoms with E-state index in [1.54, 1.807) is 21.9 Å². The molecule has 0 aliphatic carbocycles. The SMILES string of the molecule is CCN(CCCNC(=O)c1ccc(CN2CC(=O)N3CCCC[C@@H]3C2=O)cc1)c1cccc(C)c1. The summed E-state index contributed by atoms with van der Waals surface area (Å²) >= 11 is 0. The number of nitrogens with one attached hydrogen (secondary N) is 1. The van der Waals surface area contributed by atoms with E-state index in [-0.39, 0.29) is 30.3 Å². The highest BCUT2D eigenvalue weighted by Crippen LogP contribution is 2.24. The lowest BCUT2D eigenvalue weighted by Gasteiger charge is -2.42. The first-order valence-corrected chi connectivity index (χ1v) is 12.7. The number of anilines is 1. The average Bonchev–Trinajstić information content (AvgIpc) is 2.87. The Morgan fingerprint density at radius 2 is 1.91 bits per heavy atom. The van der Waals surface area contributed by atoms with E-state index in [1.807, 2.05) is 12.1 Å². The van der Waals surface area contributed by atoms with Crippen LogP contribution in [0.2, 0.25) is 0 Å². The molecule has 2 aromatic carbocycles. The molecule has 0 aromatic heterocycles. The van der Waals surface area contributed by atoms with Crippen LogP contribution in [0.15, 0.2) is 48.5 Å². The van der Waals surface area contributed by atoms with E-state index in [9.17, 15) is 14.4 Å². The summed E-state index contributed by atoms with van der Waals surface area (Å²) in [6, 6.07) is 15.5. The van der Waals surface area contributed by atoms with E-state index in [1.165, 1.54) is 11.3 Å². The van der Waals surface area contributed by atoms with Crippen molar-refractivity contribution in [1.29, 1.82) is 0 Å². The molecule has 2 heterocycles. The first-order valence-electron chi connectivity index (χ1n) is 12.7. The highest BCUT2D eigenvalue weighted by atomic mass is 16.2. The first kappa shape index (κ1) is 24.8. The molecule has 2 saturated heterocycles. The van der Waals surface area contributed by atoms with Gasteiger partial charge in [-0.2, -0.15) is 0 Å². The Bertz CT molecular complexity index is 1050. The highest BCUT2D eigenvalue weighted by molar-refractivity contribution is 5.95. The zero-order valence-electron chi connectivity index (χ0n) is 20.8. The standard InChI is InChI=1S/C28H36N4O3/c1-3-30(24-9-6-8-21(2)18-24)16-7-15-29-27(34)23-13-11-22(12-14-23)19-31-20-26(33)32-17-5-4-10-25(32)28(31)35/h6,8-9,11-14,18,25H,3-5,7,10,15-17,19-20H2,1-2H3,(H,29,34)/t25-/m1/s1. The number of rotatable bonds is 9. The maximum absolute atomic E-state index is 12.9. The van der Waals surface area contributed by atoms with Crippen LogP contribution in [0.4, 0.5) is 5.69 Å². The highest BCUT2D eigenvalue weighted by Gasteiger charge is 2.40. The quantitative estimate of drug-likeness (QED) is 0.564. The third kappa shape index (κ3) is 6.02. The molecule has 2 aliphatic rings. The first-order chi connectivity index (χ1) is 17.0. The van der Waals surface area contributed by atoms with Crippen molar-refractivity contribution in [3.8, 4) is 0 Å². The van der Waals surface area contributed by atoms with Crippen molar-refractivity contribution in [2.75, 3.05) is 37.6 Å².